The van der Waals surface area contributed by atoms with Crippen LogP contribution in [0.4, 0.5) is 0 Å². The Bertz CT molecular complexity index is 623. The molecular formula is C17H22O8. The molecule has 0 amide bonds. The number of ketones is 2. The molecule has 1 rings (SSSR count). The number of esters is 1. The van der Waals surface area contributed by atoms with Gasteiger partial charge in [-0.15, -0.1) is 0 Å². The van der Waals surface area contributed by atoms with Crippen molar-refractivity contribution in [2.24, 2.45) is 0 Å². The van der Waals surface area contributed by atoms with Gasteiger partial charge in [-0.2, -0.15) is 0 Å². The Kier molecular flexibility index (Phi) is 8.76. The van der Waals surface area contributed by atoms with Crippen molar-refractivity contribution >= 4 is 17.5 Å². The number of phenols is 1. The van der Waals surface area contributed by atoms with Crippen molar-refractivity contribution in [2.75, 3.05) is 39.6 Å². The van der Waals surface area contributed by atoms with E-state index in [1.54, 1.807) is 0 Å². The molecule has 0 aliphatic rings. The number of Topliss-reactive ketones (excluding diaryl/α,β-unsaturated/α-hetero) is 2. The Morgan fingerprint density at radius 1 is 0.880 bits per heavy atom. The lowest BCUT2D eigenvalue weighted by atomic mass is 9.97. The largest absolute Gasteiger partial charge is 0.506 e. The lowest BCUT2D eigenvalue weighted by Gasteiger charge is -2.11. The van der Waals surface area contributed by atoms with Gasteiger partial charge >= 0.3 is 5.97 Å². The maximum absolute atomic E-state index is 12.0. The first-order valence-electron chi connectivity index (χ1n) is 7.71. The summed E-state index contributed by atoms with van der Waals surface area (Å²) in [4.78, 5) is 35.2. The summed E-state index contributed by atoms with van der Waals surface area (Å²) in [5.41, 5.74) is -0.339. The summed E-state index contributed by atoms with van der Waals surface area (Å²) < 4.78 is 15.1. The molecule has 0 unspecified atom stereocenters. The van der Waals surface area contributed by atoms with Crippen molar-refractivity contribution in [1.82, 2.24) is 0 Å². The number of carbonyl (C=O) groups is 3. The lowest BCUT2D eigenvalue weighted by molar-refractivity contribution is 0.00908. The lowest BCUT2D eigenvalue weighted by Crippen LogP contribution is -2.15. The fourth-order valence-electron chi connectivity index (χ4n) is 2.06. The highest BCUT2D eigenvalue weighted by atomic mass is 16.6. The van der Waals surface area contributed by atoms with Crippen molar-refractivity contribution in [3.8, 4) is 5.75 Å². The molecule has 1 aromatic rings. The highest BCUT2D eigenvalue weighted by Gasteiger charge is 2.23. The average Bonchev–Trinajstić information content (AvgIpc) is 2.56. The molecule has 0 bridgehead atoms. The second kappa shape index (κ2) is 10.5. The van der Waals surface area contributed by atoms with E-state index in [9.17, 15) is 19.5 Å². The van der Waals surface area contributed by atoms with Crippen LogP contribution in [0.3, 0.4) is 0 Å². The van der Waals surface area contributed by atoms with Gasteiger partial charge in [-0.1, -0.05) is 0 Å². The fourth-order valence-corrected chi connectivity index (χ4v) is 2.06. The van der Waals surface area contributed by atoms with Crippen LogP contribution in [0.15, 0.2) is 12.1 Å². The maximum atomic E-state index is 12.0. The van der Waals surface area contributed by atoms with Gasteiger partial charge in [0.2, 0.25) is 0 Å². The van der Waals surface area contributed by atoms with Crippen LogP contribution in [-0.4, -0.2) is 67.4 Å². The second-order valence-electron chi connectivity index (χ2n) is 5.08. The average molecular weight is 354 g/mol. The Morgan fingerprint density at radius 3 is 2.00 bits per heavy atom. The smallest absolute Gasteiger partial charge is 0.342 e. The molecule has 0 aliphatic heterocycles. The number of rotatable bonds is 11. The highest BCUT2D eigenvalue weighted by molar-refractivity contribution is 6.11. The number of aliphatic hydroxyl groups excluding tert-OH is 1. The van der Waals surface area contributed by atoms with Crippen LogP contribution in [0.25, 0.3) is 0 Å². The summed E-state index contributed by atoms with van der Waals surface area (Å²) in [6.45, 7) is 3.29. The number of carbonyl (C=O) groups excluding carboxylic acids is 3. The quantitative estimate of drug-likeness (QED) is 0.343. The molecule has 1 aromatic carbocycles. The molecule has 0 fully saturated rings. The number of hydrogen-bond donors (Lipinski definition) is 2. The van der Waals surface area contributed by atoms with Gasteiger partial charge in [0.15, 0.2) is 11.6 Å². The zero-order chi connectivity index (χ0) is 18.8. The van der Waals surface area contributed by atoms with Crippen molar-refractivity contribution in [3.63, 3.8) is 0 Å². The van der Waals surface area contributed by atoms with Crippen molar-refractivity contribution in [1.29, 1.82) is 0 Å². The molecule has 8 heteroatoms. The SMILES string of the molecule is CC(=O)c1ccc(C(=O)OCCOCCOCCO)c(O)c1C(C)=O. The molecule has 0 saturated heterocycles. The van der Waals surface area contributed by atoms with Gasteiger partial charge in [-0.3, -0.25) is 9.59 Å². The molecule has 8 nitrogen and oxygen atoms in total. The van der Waals surface area contributed by atoms with Crippen molar-refractivity contribution in [3.05, 3.63) is 28.8 Å². The highest BCUT2D eigenvalue weighted by Crippen LogP contribution is 2.27. The van der Waals surface area contributed by atoms with Crippen LogP contribution in [-0.2, 0) is 14.2 Å². The first-order valence-corrected chi connectivity index (χ1v) is 7.71. The van der Waals surface area contributed by atoms with Crippen molar-refractivity contribution < 1.29 is 38.8 Å². The van der Waals surface area contributed by atoms with E-state index in [0.717, 1.165) is 0 Å². The molecule has 0 saturated carbocycles. The number of phenolic OH excluding ortho intramolecular Hbond substituents is 1. The molecule has 138 valence electrons. The molecule has 0 atom stereocenters. The summed E-state index contributed by atoms with van der Waals surface area (Å²) in [5.74, 6) is -2.31. The normalized spacial score (nSPS) is 10.5. The van der Waals surface area contributed by atoms with Gasteiger partial charge in [-0.05, 0) is 26.0 Å². The molecule has 0 aromatic heterocycles. The zero-order valence-corrected chi connectivity index (χ0v) is 14.2. The maximum Gasteiger partial charge on any atom is 0.342 e. The van der Waals surface area contributed by atoms with Crippen LogP contribution < -0.4 is 0 Å². The minimum absolute atomic E-state index is 0.0489. The summed E-state index contributed by atoms with van der Waals surface area (Å²) in [6, 6.07) is 2.55. The summed E-state index contributed by atoms with van der Waals surface area (Å²) in [6.07, 6.45) is 0. The van der Waals surface area contributed by atoms with Crippen LogP contribution in [0.5, 0.6) is 5.75 Å². The monoisotopic (exact) mass is 354 g/mol. The number of hydrogen-bond acceptors (Lipinski definition) is 8. The number of aliphatic hydroxyl groups is 1. The topological polar surface area (TPSA) is 119 Å². The van der Waals surface area contributed by atoms with E-state index in [1.165, 1.54) is 26.0 Å². The van der Waals surface area contributed by atoms with Gasteiger partial charge in [0.25, 0.3) is 0 Å². The molecule has 2 N–H and O–H groups in total. The van der Waals surface area contributed by atoms with E-state index < -0.39 is 23.3 Å². The standard InChI is InChI=1S/C17H22O8/c1-11(19)13-3-4-14(16(21)15(13)12(2)20)17(22)25-10-9-24-8-7-23-6-5-18/h3-4,18,21H,5-10H2,1-2H3. The van der Waals surface area contributed by atoms with Crippen LogP contribution >= 0.6 is 0 Å². The second-order valence-corrected chi connectivity index (χ2v) is 5.08. The van der Waals surface area contributed by atoms with E-state index in [4.69, 9.17) is 19.3 Å². The Hall–Kier alpha value is -2.29. The molecule has 0 aliphatic carbocycles. The molecule has 25 heavy (non-hydrogen) atoms. The van der Waals surface area contributed by atoms with Gasteiger partial charge in [0.1, 0.15) is 17.9 Å². The third-order valence-electron chi connectivity index (χ3n) is 3.20. The minimum Gasteiger partial charge on any atom is -0.506 e. The third-order valence-corrected chi connectivity index (χ3v) is 3.20. The summed E-state index contributed by atoms with van der Waals surface area (Å²) in [7, 11) is 0. The van der Waals surface area contributed by atoms with Crippen LogP contribution in [0.1, 0.15) is 44.9 Å². The number of ether oxygens (including phenoxy) is 3. The van der Waals surface area contributed by atoms with Crippen LogP contribution in [0.2, 0.25) is 0 Å². The Labute approximate surface area is 145 Å². The number of aromatic hydroxyl groups is 1. The summed E-state index contributed by atoms with van der Waals surface area (Å²) in [5, 5.41) is 18.7. The number of benzene rings is 1. The van der Waals surface area contributed by atoms with Gasteiger partial charge in [-0.25, -0.2) is 4.79 Å². The van der Waals surface area contributed by atoms with Gasteiger partial charge in [0, 0.05) is 5.56 Å². The minimum atomic E-state index is -0.824. The van der Waals surface area contributed by atoms with E-state index in [1.807, 2.05) is 0 Å². The zero-order valence-electron chi connectivity index (χ0n) is 14.2. The first kappa shape index (κ1) is 20.8. The van der Waals surface area contributed by atoms with E-state index in [0.29, 0.717) is 6.61 Å². The molecule has 0 spiro atoms. The predicted octanol–water partition coefficient (Wildman–Crippen LogP) is 0.980. The Morgan fingerprint density at radius 2 is 1.44 bits per heavy atom. The molecule has 0 heterocycles. The summed E-state index contributed by atoms with van der Waals surface area (Å²) >= 11 is 0. The van der Waals surface area contributed by atoms with Gasteiger partial charge in [0.05, 0.1) is 38.6 Å². The molecular weight excluding hydrogens is 332 g/mol. The van der Waals surface area contributed by atoms with Gasteiger partial charge < -0.3 is 24.4 Å². The van der Waals surface area contributed by atoms with Crippen molar-refractivity contribution in [2.45, 2.75) is 13.8 Å². The molecule has 0 radical (unpaired) electrons. The van der Waals surface area contributed by atoms with Crippen LogP contribution in [0, 0.1) is 0 Å². The fraction of sp³-hybridized carbons (Fsp3) is 0.471. The first-order chi connectivity index (χ1) is 11.9. The third kappa shape index (κ3) is 6.26. The predicted molar refractivity (Wildman–Crippen MR) is 87.1 cm³/mol. The van der Waals surface area contributed by atoms with E-state index in [-0.39, 0.29) is 49.7 Å². The van der Waals surface area contributed by atoms with E-state index in [2.05, 4.69) is 0 Å². The van der Waals surface area contributed by atoms with E-state index >= 15 is 0 Å². The Balaban J connectivity index is 2.60.